The van der Waals surface area contributed by atoms with E-state index in [1.807, 2.05) is 0 Å². The first-order valence-corrected chi connectivity index (χ1v) is 5.60. The standard InChI is InChI=1S/C9H17NS/c1-7-5-10-8(6-11-7)9(2)3-4-9/h7-8,10H,3-6H2,1-2H3. The van der Waals surface area contributed by atoms with E-state index in [0.717, 1.165) is 11.3 Å². The van der Waals surface area contributed by atoms with Crippen molar-refractivity contribution >= 4 is 11.8 Å². The summed E-state index contributed by atoms with van der Waals surface area (Å²) in [6.45, 7) is 5.94. The molecule has 2 aliphatic rings. The van der Waals surface area contributed by atoms with Gasteiger partial charge in [0, 0.05) is 23.6 Å². The summed E-state index contributed by atoms with van der Waals surface area (Å²) in [4.78, 5) is 0. The summed E-state index contributed by atoms with van der Waals surface area (Å²) in [5.74, 6) is 1.33. The molecular formula is C9H17NS. The summed E-state index contributed by atoms with van der Waals surface area (Å²) in [6.07, 6.45) is 2.89. The molecule has 1 saturated carbocycles. The van der Waals surface area contributed by atoms with Gasteiger partial charge in [-0.25, -0.2) is 0 Å². The third-order valence-electron chi connectivity index (χ3n) is 3.08. The minimum absolute atomic E-state index is 0.674. The Morgan fingerprint density at radius 3 is 2.64 bits per heavy atom. The lowest BCUT2D eigenvalue weighted by molar-refractivity contribution is 0.380. The number of rotatable bonds is 1. The zero-order valence-corrected chi connectivity index (χ0v) is 8.21. The molecule has 2 heteroatoms. The van der Waals surface area contributed by atoms with Crippen LogP contribution in [0.25, 0.3) is 0 Å². The summed E-state index contributed by atoms with van der Waals surface area (Å²) in [5, 5.41) is 4.48. The summed E-state index contributed by atoms with van der Waals surface area (Å²) < 4.78 is 0. The van der Waals surface area contributed by atoms with Crippen LogP contribution in [0.1, 0.15) is 26.7 Å². The first-order valence-electron chi connectivity index (χ1n) is 4.56. The van der Waals surface area contributed by atoms with Gasteiger partial charge < -0.3 is 5.32 Å². The van der Waals surface area contributed by atoms with Crippen molar-refractivity contribution in [2.24, 2.45) is 5.41 Å². The zero-order valence-electron chi connectivity index (χ0n) is 7.39. The quantitative estimate of drug-likeness (QED) is 0.646. The number of hydrogen-bond donors (Lipinski definition) is 1. The van der Waals surface area contributed by atoms with Crippen molar-refractivity contribution in [3.05, 3.63) is 0 Å². The highest BCUT2D eigenvalue weighted by atomic mass is 32.2. The molecule has 11 heavy (non-hydrogen) atoms. The highest BCUT2D eigenvalue weighted by Gasteiger charge is 2.45. The lowest BCUT2D eigenvalue weighted by Crippen LogP contribution is -2.45. The zero-order chi connectivity index (χ0) is 7.90. The average molecular weight is 171 g/mol. The van der Waals surface area contributed by atoms with Crippen LogP contribution in [-0.4, -0.2) is 23.6 Å². The second kappa shape index (κ2) is 2.67. The number of nitrogens with one attached hydrogen (secondary N) is 1. The van der Waals surface area contributed by atoms with E-state index in [0.29, 0.717) is 5.41 Å². The maximum Gasteiger partial charge on any atom is 0.0212 e. The van der Waals surface area contributed by atoms with E-state index >= 15 is 0 Å². The molecule has 1 aliphatic carbocycles. The van der Waals surface area contributed by atoms with Gasteiger partial charge in [0.1, 0.15) is 0 Å². The molecule has 2 atom stereocenters. The van der Waals surface area contributed by atoms with Crippen LogP contribution >= 0.6 is 11.8 Å². The molecule has 0 aromatic carbocycles. The lowest BCUT2D eigenvalue weighted by atomic mass is 10.0. The normalized spacial score (nSPS) is 42.0. The molecule has 2 rings (SSSR count). The Morgan fingerprint density at radius 2 is 2.18 bits per heavy atom. The van der Waals surface area contributed by atoms with Crippen LogP contribution in [0.5, 0.6) is 0 Å². The van der Waals surface area contributed by atoms with Crippen molar-refractivity contribution in [3.8, 4) is 0 Å². The first kappa shape index (κ1) is 7.93. The predicted molar refractivity (Wildman–Crippen MR) is 51.1 cm³/mol. The van der Waals surface area contributed by atoms with E-state index < -0.39 is 0 Å². The molecule has 1 nitrogen and oxygen atoms in total. The number of thioether (sulfide) groups is 1. The third-order valence-corrected chi connectivity index (χ3v) is 4.34. The van der Waals surface area contributed by atoms with E-state index in [-0.39, 0.29) is 0 Å². The Bertz CT molecular complexity index is 146. The lowest BCUT2D eigenvalue weighted by Gasteiger charge is -2.31. The van der Waals surface area contributed by atoms with E-state index in [2.05, 4.69) is 30.9 Å². The molecule has 1 saturated heterocycles. The van der Waals surface area contributed by atoms with Crippen molar-refractivity contribution in [1.29, 1.82) is 0 Å². The van der Waals surface area contributed by atoms with Crippen LogP contribution in [0.4, 0.5) is 0 Å². The van der Waals surface area contributed by atoms with Gasteiger partial charge in [0.25, 0.3) is 0 Å². The van der Waals surface area contributed by atoms with Crippen LogP contribution in [0, 0.1) is 5.41 Å². The van der Waals surface area contributed by atoms with Crippen LogP contribution in [0.3, 0.4) is 0 Å². The Labute approximate surface area is 73.3 Å². The molecule has 64 valence electrons. The van der Waals surface area contributed by atoms with Gasteiger partial charge in [-0.2, -0.15) is 11.8 Å². The largest absolute Gasteiger partial charge is 0.312 e. The Balaban J connectivity index is 1.87. The Hall–Kier alpha value is 0.310. The highest BCUT2D eigenvalue weighted by Crippen LogP contribution is 2.49. The smallest absolute Gasteiger partial charge is 0.0212 e. The van der Waals surface area contributed by atoms with Gasteiger partial charge in [-0.3, -0.25) is 0 Å². The molecule has 2 unspecified atom stereocenters. The van der Waals surface area contributed by atoms with E-state index in [9.17, 15) is 0 Å². The van der Waals surface area contributed by atoms with E-state index in [1.54, 1.807) is 0 Å². The van der Waals surface area contributed by atoms with Crippen molar-refractivity contribution in [2.45, 2.75) is 38.0 Å². The van der Waals surface area contributed by atoms with E-state index in [1.165, 1.54) is 25.1 Å². The second-order valence-corrected chi connectivity index (χ2v) is 5.73. The van der Waals surface area contributed by atoms with Crippen molar-refractivity contribution in [2.75, 3.05) is 12.3 Å². The molecule has 2 fully saturated rings. The second-order valence-electron chi connectivity index (χ2n) is 4.26. The number of hydrogen-bond acceptors (Lipinski definition) is 2. The molecule has 0 radical (unpaired) electrons. The monoisotopic (exact) mass is 171 g/mol. The van der Waals surface area contributed by atoms with Gasteiger partial charge in [0.15, 0.2) is 0 Å². The van der Waals surface area contributed by atoms with Gasteiger partial charge in [0.05, 0.1) is 0 Å². The fourth-order valence-corrected chi connectivity index (χ4v) is 2.94. The molecule has 0 spiro atoms. The summed E-state index contributed by atoms with van der Waals surface area (Å²) in [7, 11) is 0. The Morgan fingerprint density at radius 1 is 1.45 bits per heavy atom. The first-order chi connectivity index (χ1) is 5.21. The van der Waals surface area contributed by atoms with Gasteiger partial charge in [-0.15, -0.1) is 0 Å². The highest BCUT2D eigenvalue weighted by molar-refractivity contribution is 8.00. The molecule has 0 amide bonds. The van der Waals surface area contributed by atoms with Crippen LogP contribution in [0.15, 0.2) is 0 Å². The Kier molecular flexibility index (Phi) is 1.92. The summed E-state index contributed by atoms with van der Waals surface area (Å²) in [5.41, 5.74) is 0.674. The van der Waals surface area contributed by atoms with Gasteiger partial charge in [0.2, 0.25) is 0 Å². The fraction of sp³-hybridized carbons (Fsp3) is 1.00. The molecule has 0 bridgehead atoms. The fourth-order valence-electron chi connectivity index (χ4n) is 1.68. The molecule has 0 aromatic heterocycles. The van der Waals surface area contributed by atoms with Gasteiger partial charge in [-0.1, -0.05) is 13.8 Å². The minimum atomic E-state index is 0.674. The minimum Gasteiger partial charge on any atom is -0.312 e. The summed E-state index contributed by atoms with van der Waals surface area (Å²) >= 11 is 2.13. The maximum atomic E-state index is 3.65. The van der Waals surface area contributed by atoms with Gasteiger partial charge in [-0.05, 0) is 18.3 Å². The molecule has 0 aromatic rings. The summed E-state index contributed by atoms with van der Waals surface area (Å²) in [6, 6.07) is 0.809. The third kappa shape index (κ3) is 1.57. The van der Waals surface area contributed by atoms with E-state index in [4.69, 9.17) is 0 Å². The van der Waals surface area contributed by atoms with Crippen LogP contribution in [0.2, 0.25) is 0 Å². The molecule has 1 heterocycles. The maximum absolute atomic E-state index is 3.65. The van der Waals surface area contributed by atoms with Crippen LogP contribution < -0.4 is 5.32 Å². The topological polar surface area (TPSA) is 12.0 Å². The average Bonchev–Trinajstić information content (AvgIpc) is 2.70. The predicted octanol–water partition coefficient (Wildman–Crippen LogP) is 1.88. The van der Waals surface area contributed by atoms with Crippen molar-refractivity contribution < 1.29 is 0 Å². The molecule has 1 aliphatic heterocycles. The SMILES string of the molecule is CC1CNC(C2(C)CC2)CS1. The van der Waals surface area contributed by atoms with Crippen molar-refractivity contribution in [1.82, 2.24) is 5.32 Å². The molecule has 1 N–H and O–H groups in total. The van der Waals surface area contributed by atoms with Gasteiger partial charge >= 0.3 is 0 Å². The van der Waals surface area contributed by atoms with Crippen LogP contribution in [-0.2, 0) is 0 Å². The van der Waals surface area contributed by atoms with Crippen molar-refractivity contribution in [3.63, 3.8) is 0 Å². The molecular weight excluding hydrogens is 154 g/mol.